The van der Waals surface area contributed by atoms with Gasteiger partial charge in [-0.05, 0) is 12.3 Å². The van der Waals surface area contributed by atoms with E-state index in [0.717, 1.165) is 25.3 Å². The minimum absolute atomic E-state index is 0.227. The van der Waals surface area contributed by atoms with E-state index >= 15 is 0 Å². The van der Waals surface area contributed by atoms with E-state index in [0.29, 0.717) is 11.8 Å². The van der Waals surface area contributed by atoms with Gasteiger partial charge >= 0.3 is 0 Å². The number of ether oxygens (including phenoxy) is 1. The Morgan fingerprint density at radius 2 is 2.25 bits per heavy atom. The molecule has 2 unspecified atom stereocenters. The van der Waals surface area contributed by atoms with E-state index in [4.69, 9.17) is 10.5 Å². The van der Waals surface area contributed by atoms with Crippen LogP contribution in [-0.2, 0) is 0 Å². The summed E-state index contributed by atoms with van der Waals surface area (Å²) in [6, 6.07) is 2.08. The van der Waals surface area contributed by atoms with Crippen molar-refractivity contribution in [3.05, 3.63) is 12.4 Å². The lowest BCUT2D eigenvalue weighted by Crippen LogP contribution is -2.46. The average molecular weight is 222 g/mol. The van der Waals surface area contributed by atoms with Crippen LogP contribution in [0.4, 0.5) is 5.82 Å². The van der Waals surface area contributed by atoms with Gasteiger partial charge in [0.1, 0.15) is 12.1 Å². The van der Waals surface area contributed by atoms with E-state index in [2.05, 4.69) is 21.8 Å². The van der Waals surface area contributed by atoms with Crippen molar-refractivity contribution in [3.8, 4) is 5.88 Å². The molecule has 2 rings (SSSR count). The molecule has 1 aromatic heterocycles. The van der Waals surface area contributed by atoms with Crippen LogP contribution >= 0.6 is 0 Å². The number of hydrogen-bond acceptors (Lipinski definition) is 5. The van der Waals surface area contributed by atoms with E-state index in [9.17, 15) is 0 Å². The van der Waals surface area contributed by atoms with Gasteiger partial charge in [-0.2, -0.15) is 0 Å². The molecule has 0 amide bonds. The van der Waals surface area contributed by atoms with Crippen LogP contribution in [0, 0.1) is 5.92 Å². The lowest BCUT2D eigenvalue weighted by atomic mass is 9.97. The van der Waals surface area contributed by atoms with Crippen LogP contribution in [-0.4, -0.2) is 36.2 Å². The summed E-state index contributed by atoms with van der Waals surface area (Å²) in [5.74, 6) is 2.09. The largest absolute Gasteiger partial charge is 0.481 e. The molecule has 5 heteroatoms. The maximum absolute atomic E-state index is 6.01. The predicted molar refractivity (Wildman–Crippen MR) is 62.6 cm³/mol. The van der Waals surface area contributed by atoms with Crippen molar-refractivity contribution in [1.29, 1.82) is 0 Å². The lowest BCUT2D eigenvalue weighted by molar-refractivity contribution is 0.389. The minimum atomic E-state index is 0.227. The van der Waals surface area contributed by atoms with E-state index in [1.807, 2.05) is 6.07 Å². The Bertz CT molecular complexity index is 348. The van der Waals surface area contributed by atoms with Crippen LogP contribution in [0.2, 0.25) is 0 Å². The molecule has 0 spiro atoms. The molecule has 2 atom stereocenters. The third-order valence-corrected chi connectivity index (χ3v) is 2.85. The molecule has 2 heterocycles. The fraction of sp³-hybridized carbons (Fsp3) is 0.636. The zero-order chi connectivity index (χ0) is 11.5. The van der Waals surface area contributed by atoms with Crippen LogP contribution in [0.1, 0.15) is 13.3 Å². The highest BCUT2D eigenvalue weighted by Crippen LogP contribution is 2.22. The van der Waals surface area contributed by atoms with Crippen molar-refractivity contribution in [3.63, 3.8) is 0 Å². The molecule has 1 aliphatic rings. The molecule has 0 bridgehead atoms. The van der Waals surface area contributed by atoms with Crippen LogP contribution in [0.25, 0.3) is 0 Å². The summed E-state index contributed by atoms with van der Waals surface area (Å²) in [6.07, 6.45) is 2.61. The summed E-state index contributed by atoms with van der Waals surface area (Å²) in [6.45, 7) is 4.06. The summed E-state index contributed by atoms with van der Waals surface area (Å²) in [7, 11) is 1.61. The van der Waals surface area contributed by atoms with Gasteiger partial charge in [-0.25, -0.2) is 9.97 Å². The SMILES string of the molecule is COc1cc(N2CC(C)CC(N)C2)ncn1. The number of aromatic nitrogens is 2. The molecule has 5 nitrogen and oxygen atoms in total. The Morgan fingerprint density at radius 1 is 1.44 bits per heavy atom. The smallest absolute Gasteiger partial charge is 0.218 e. The van der Waals surface area contributed by atoms with E-state index in [1.54, 1.807) is 7.11 Å². The van der Waals surface area contributed by atoms with Gasteiger partial charge in [0, 0.05) is 25.2 Å². The second-order valence-corrected chi connectivity index (χ2v) is 4.42. The van der Waals surface area contributed by atoms with E-state index in [1.165, 1.54) is 6.33 Å². The van der Waals surface area contributed by atoms with Gasteiger partial charge < -0.3 is 15.4 Å². The summed E-state index contributed by atoms with van der Waals surface area (Å²) in [4.78, 5) is 10.5. The van der Waals surface area contributed by atoms with Crippen molar-refractivity contribution < 1.29 is 4.74 Å². The maximum atomic E-state index is 6.01. The minimum Gasteiger partial charge on any atom is -0.481 e. The molecular weight excluding hydrogens is 204 g/mol. The monoisotopic (exact) mass is 222 g/mol. The molecule has 0 aromatic carbocycles. The molecule has 0 aliphatic carbocycles. The van der Waals surface area contributed by atoms with Crippen LogP contribution in [0.15, 0.2) is 12.4 Å². The Balaban J connectivity index is 2.16. The van der Waals surface area contributed by atoms with E-state index < -0.39 is 0 Å². The number of anilines is 1. The van der Waals surface area contributed by atoms with Gasteiger partial charge in [-0.15, -0.1) is 0 Å². The van der Waals surface area contributed by atoms with Crippen molar-refractivity contribution in [2.75, 3.05) is 25.1 Å². The third-order valence-electron chi connectivity index (χ3n) is 2.85. The highest BCUT2D eigenvalue weighted by molar-refractivity contribution is 5.41. The molecule has 1 saturated heterocycles. The molecule has 0 saturated carbocycles. The first-order chi connectivity index (χ1) is 7.69. The standard InChI is InChI=1S/C11H18N4O/c1-8-3-9(12)6-15(5-8)10-4-11(16-2)14-7-13-10/h4,7-9H,3,5-6,12H2,1-2H3. The Morgan fingerprint density at radius 3 is 2.94 bits per heavy atom. The number of nitrogens with zero attached hydrogens (tertiary/aromatic N) is 3. The quantitative estimate of drug-likeness (QED) is 0.796. The van der Waals surface area contributed by atoms with Crippen molar-refractivity contribution >= 4 is 5.82 Å². The molecule has 1 aliphatic heterocycles. The van der Waals surface area contributed by atoms with Gasteiger partial charge in [0.2, 0.25) is 5.88 Å². The molecule has 16 heavy (non-hydrogen) atoms. The Hall–Kier alpha value is -1.36. The number of piperidine rings is 1. The second kappa shape index (κ2) is 4.65. The first kappa shape index (κ1) is 11.1. The van der Waals surface area contributed by atoms with Crippen molar-refractivity contribution in [2.45, 2.75) is 19.4 Å². The lowest BCUT2D eigenvalue weighted by Gasteiger charge is -2.35. The Kier molecular flexibility index (Phi) is 3.24. The highest BCUT2D eigenvalue weighted by atomic mass is 16.5. The number of nitrogens with two attached hydrogens (primary N) is 1. The summed E-state index contributed by atoms with van der Waals surface area (Å²) >= 11 is 0. The summed E-state index contributed by atoms with van der Waals surface area (Å²) in [5, 5.41) is 0. The maximum Gasteiger partial charge on any atom is 0.218 e. The number of rotatable bonds is 2. The summed E-state index contributed by atoms with van der Waals surface area (Å²) in [5.41, 5.74) is 6.01. The average Bonchev–Trinajstić information content (AvgIpc) is 2.28. The van der Waals surface area contributed by atoms with Gasteiger partial charge in [0.15, 0.2) is 0 Å². The second-order valence-electron chi connectivity index (χ2n) is 4.42. The zero-order valence-electron chi connectivity index (χ0n) is 9.76. The fourth-order valence-corrected chi connectivity index (χ4v) is 2.20. The molecule has 0 radical (unpaired) electrons. The van der Waals surface area contributed by atoms with Gasteiger partial charge in [0.05, 0.1) is 7.11 Å². The topological polar surface area (TPSA) is 64.3 Å². The van der Waals surface area contributed by atoms with Crippen molar-refractivity contribution in [2.24, 2.45) is 11.7 Å². The molecule has 1 fully saturated rings. The normalized spacial score (nSPS) is 25.6. The van der Waals surface area contributed by atoms with Gasteiger partial charge in [-0.1, -0.05) is 6.92 Å². The first-order valence-electron chi connectivity index (χ1n) is 5.55. The highest BCUT2D eigenvalue weighted by Gasteiger charge is 2.23. The van der Waals surface area contributed by atoms with Gasteiger partial charge in [-0.3, -0.25) is 0 Å². The molecule has 88 valence electrons. The van der Waals surface area contributed by atoms with Crippen molar-refractivity contribution in [1.82, 2.24) is 9.97 Å². The fourth-order valence-electron chi connectivity index (χ4n) is 2.20. The Labute approximate surface area is 95.6 Å². The molecular formula is C11H18N4O. The summed E-state index contributed by atoms with van der Waals surface area (Å²) < 4.78 is 5.09. The number of methoxy groups -OCH3 is 1. The number of hydrogen-bond donors (Lipinski definition) is 1. The molecule has 2 N–H and O–H groups in total. The van der Waals surface area contributed by atoms with Gasteiger partial charge in [0.25, 0.3) is 0 Å². The zero-order valence-corrected chi connectivity index (χ0v) is 9.76. The predicted octanol–water partition coefficient (Wildman–Crippen LogP) is 0.659. The van der Waals surface area contributed by atoms with E-state index in [-0.39, 0.29) is 6.04 Å². The first-order valence-corrected chi connectivity index (χ1v) is 5.55. The van der Waals surface area contributed by atoms with Crippen LogP contribution in [0.5, 0.6) is 5.88 Å². The third kappa shape index (κ3) is 2.41. The molecule has 1 aromatic rings. The van der Waals surface area contributed by atoms with Crippen LogP contribution in [0.3, 0.4) is 0 Å². The van der Waals surface area contributed by atoms with Crippen LogP contribution < -0.4 is 15.4 Å².